The summed E-state index contributed by atoms with van der Waals surface area (Å²) in [6.07, 6.45) is 0.302. The molecule has 0 amide bonds. The van der Waals surface area contributed by atoms with Crippen LogP contribution in [0.2, 0.25) is 5.04 Å². The third-order valence-electron chi connectivity index (χ3n) is 6.97. The average Bonchev–Trinajstić information content (AvgIpc) is 3.30. The SMILES string of the molecule is CN1O[C@H](OCC#Cc2ccccc2C#CCO)C[C@@H]1CO[Si](c1ccccc1)(c1ccccc1)C(C)(C)C. The molecule has 0 bridgehead atoms. The van der Waals surface area contributed by atoms with Gasteiger partial charge in [0, 0.05) is 24.6 Å². The van der Waals surface area contributed by atoms with E-state index in [1.165, 1.54) is 10.4 Å². The second kappa shape index (κ2) is 13.2. The highest BCUT2D eigenvalue weighted by Crippen LogP contribution is 2.37. The first-order valence-corrected chi connectivity index (χ1v) is 15.2. The normalized spacial score (nSPS) is 17.7. The molecule has 1 aliphatic heterocycles. The van der Waals surface area contributed by atoms with Crippen molar-refractivity contribution < 1.29 is 19.1 Å². The second-order valence-corrected chi connectivity index (χ2v) is 14.9. The Morgan fingerprint density at radius 3 is 1.95 bits per heavy atom. The molecule has 0 spiro atoms. The summed E-state index contributed by atoms with van der Waals surface area (Å²) in [6.45, 7) is 7.44. The van der Waals surface area contributed by atoms with E-state index in [1.54, 1.807) is 0 Å². The Morgan fingerprint density at radius 2 is 1.41 bits per heavy atom. The van der Waals surface area contributed by atoms with Crippen LogP contribution >= 0.6 is 0 Å². The number of hydrogen-bond acceptors (Lipinski definition) is 5. The van der Waals surface area contributed by atoms with Gasteiger partial charge in [0.2, 0.25) is 0 Å². The Morgan fingerprint density at radius 1 is 0.872 bits per heavy atom. The van der Waals surface area contributed by atoms with Gasteiger partial charge in [-0.3, -0.25) is 4.84 Å². The fourth-order valence-electron chi connectivity index (χ4n) is 5.04. The fraction of sp³-hybridized carbons (Fsp3) is 0.333. The Kier molecular flexibility index (Phi) is 9.77. The maximum atomic E-state index is 8.98. The molecule has 1 saturated heterocycles. The van der Waals surface area contributed by atoms with Gasteiger partial charge in [0.05, 0.1) is 12.6 Å². The lowest BCUT2D eigenvalue weighted by Crippen LogP contribution is -2.67. The van der Waals surface area contributed by atoms with E-state index >= 15 is 0 Å². The van der Waals surface area contributed by atoms with Gasteiger partial charge in [-0.15, -0.1) is 0 Å². The number of ether oxygens (including phenoxy) is 1. The third-order valence-corrected chi connectivity index (χ3v) is 12.0. The van der Waals surface area contributed by atoms with Gasteiger partial charge in [-0.1, -0.05) is 117 Å². The maximum absolute atomic E-state index is 8.98. The molecule has 0 aromatic heterocycles. The monoisotopic (exact) mass is 539 g/mol. The van der Waals surface area contributed by atoms with E-state index < -0.39 is 8.32 Å². The van der Waals surface area contributed by atoms with Crippen molar-refractivity contribution in [3.8, 4) is 23.7 Å². The van der Waals surface area contributed by atoms with Gasteiger partial charge in [0.1, 0.15) is 13.2 Å². The van der Waals surface area contributed by atoms with Crippen LogP contribution in [-0.4, -0.2) is 57.7 Å². The van der Waals surface area contributed by atoms with Crippen LogP contribution in [0.15, 0.2) is 84.9 Å². The molecule has 1 fully saturated rings. The first kappa shape index (κ1) is 28.8. The second-order valence-electron chi connectivity index (χ2n) is 10.6. The van der Waals surface area contributed by atoms with Crippen LogP contribution < -0.4 is 10.4 Å². The minimum absolute atomic E-state index is 0.0547. The summed E-state index contributed by atoms with van der Waals surface area (Å²) < 4.78 is 13.1. The van der Waals surface area contributed by atoms with E-state index in [-0.39, 0.29) is 30.6 Å². The molecule has 0 aliphatic carbocycles. The lowest BCUT2D eigenvalue weighted by atomic mass is 10.1. The Labute approximate surface area is 233 Å². The van der Waals surface area contributed by atoms with Crippen LogP contribution in [-0.2, 0) is 14.0 Å². The minimum atomic E-state index is -2.62. The molecule has 6 heteroatoms. The number of rotatable bonds is 7. The van der Waals surface area contributed by atoms with Crippen LogP contribution in [0.1, 0.15) is 38.3 Å². The molecule has 1 heterocycles. The van der Waals surface area contributed by atoms with Gasteiger partial charge in [-0.2, -0.15) is 5.06 Å². The number of likely N-dealkylation sites (N-methyl/N-ethyl adjacent to an activating group) is 1. The smallest absolute Gasteiger partial charge is 0.261 e. The molecule has 4 rings (SSSR count). The van der Waals surface area contributed by atoms with Crippen LogP contribution in [0.4, 0.5) is 0 Å². The zero-order valence-corrected chi connectivity index (χ0v) is 24.2. The maximum Gasteiger partial charge on any atom is 0.261 e. The predicted octanol–water partition coefficient (Wildman–Crippen LogP) is 3.94. The quantitative estimate of drug-likeness (QED) is 0.364. The number of hydrogen-bond donors (Lipinski definition) is 1. The minimum Gasteiger partial charge on any atom is -0.406 e. The molecular formula is C33H37NO4Si. The van der Waals surface area contributed by atoms with Gasteiger partial charge >= 0.3 is 0 Å². The number of aliphatic hydroxyl groups excluding tert-OH is 1. The Balaban J connectivity index is 1.44. The van der Waals surface area contributed by atoms with Crippen LogP contribution in [0.3, 0.4) is 0 Å². The van der Waals surface area contributed by atoms with Crippen LogP contribution in [0.5, 0.6) is 0 Å². The molecule has 39 heavy (non-hydrogen) atoms. The van der Waals surface area contributed by atoms with Crippen molar-refractivity contribution in [3.63, 3.8) is 0 Å². The van der Waals surface area contributed by atoms with E-state index in [2.05, 4.69) is 105 Å². The third kappa shape index (κ3) is 6.87. The number of hydroxylamine groups is 2. The Bertz CT molecular complexity index is 1290. The molecule has 0 radical (unpaired) electrons. The summed E-state index contributed by atoms with van der Waals surface area (Å²) in [4.78, 5) is 5.99. The molecule has 1 aliphatic rings. The van der Waals surface area contributed by atoms with Gasteiger partial charge in [-0.05, 0) is 27.5 Å². The van der Waals surface area contributed by atoms with E-state index in [0.717, 1.165) is 11.1 Å². The first-order valence-electron chi connectivity index (χ1n) is 13.3. The molecule has 3 aromatic carbocycles. The van der Waals surface area contributed by atoms with Crippen molar-refractivity contribution in [3.05, 3.63) is 96.1 Å². The standard InChI is InChI=1S/C33H37NO4Si/c1-33(2,3)39(30-19-7-5-8-20-30,31-21-9-6-10-22-31)37-26-29-25-32(38-34(29)4)36-24-14-18-28-16-12-11-15-27(28)17-13-23-35/h5-12,15-16,19-22,29,32,35H,23-26H2,1-4H3/t29-,32+/m1/s1. The largest absolute Gasteiger partial charge is 0.406 e. The van der Waals surface area contributed by atoms with Gasteiger partial charge in [-0.25, -0.2) is 0 Å². The molecule has 1 N–H and O–H groups in total. The zero-order valence-electron chi connectivity index (χ0n) is 23.2. The van der Waals surface area contributed by atoms with Crippen molar-refractivity contribution in [2.24, 2.45) is 0 Å². The van der Waals surface area contributed by atoms with E-state index in [1.807, 2.05) is 36.4 Å². The summed E-state index contributed by atoms with van der Waals surface area (Å²) in [6, 6.07) is 29.0. The van der Waals surface area contributed by atoms with Crippen molar-refractivity contribution in [2.75, 3.05) is 26.9 Å². The van der Waals surface area contributed by atoms with Crippen molar-refractivity contribution in [1.82, 2.24) is 5.06 Å². The van der Waals surface area contributed by atoms with Gasteiger partial charge < -0.3 is 14.3 Å². The van der Waals surface area contributed by atoms with Gasteiger partial charge in [0.15, 0.2) is 6.29 Å². The molecular weight excluding hydrogens is 502 g/mol. The predicted molar refractivity (Wildman–Crippen MR) is 158 cm³/mol. The molecule has 3 aromatic rings. The first-order chi connectivity index (χ1) is 18.8. The molecule has 2 atom stereocenters. The average molecular weight is 540 g/mol. The Hall–Kier alpha value is -3.20. The fourth-order valence-corrected chi connectivity index (χ4v) is 9.64. The molecule has 202 valence electrons. The topological polar surface area (TPSA) is 51.2 Å². The van der Waals surface area contributed by atoms with Crippen LogP contribution in [0, 0.1) is 23.7 Å². The van der Waals surface area contributed by atoms with Gasteiger partial charge in [0.25, 0.3) is 8.32 Å². The lowest BCUT2D eigenvalue weighted by molar-refractivity contribution is -0.225. The van der Waals surface area contributed by atoms with Crippen molar-refractivity contribution in [1.29, 1.82) is 0 Å². The van der Waals surface area contributed by atoms with E-state index in [9.17, 15) is 0 Å². The number of aliphatic hydroxyl groups is 1. The van der Waals surface area contributed by atoms with E-state index in [0.29, 0.717) is 13.0 Å². The van der Waals surface area contributed by atoms with Crippen molar-refractivity contribution >= 4 is 18.7 Å². The molecule has 0 saturated carbocycles. The number of benzene rings is 3. The summed E-state index contributed by atoms with van der Waals surface area (Å²) in [5, 5.41) is 13.3. The van der Waals surface area contributed by atoms with Crippen molar-refractivity contribution in [2.45, 2.75) is 44.6 Å². The highest BCUT2D eigenvalue weighted by molar-refractivity contribution is 6.99. The summed E-state index contributed by atoms with van der Waals surface area (Å²) in [7, 11) is -0.689. The summed E-state index contributed by atoms with van der Waals surface area (Å²) in [5.41, 5.74) is 1.60. The highest BCUT2D eigenvalue weighted by Gasteiger charge is 2.51. The number of nitrogens with zero attached hydrogens (tertiary/aromatic N) is 1. The summed E-state index contributed by atoms with van der Waals surface area (Å²) in [5.74, 6) is 11.8. The van der Waals surface area contributed by atoms with Crippen LogP contribution in [0.25, 0.3) is 0 Å². The zero-order chi connectivity index (χ0) is 27.7. The summed E-state index contributed by atoms with van der Waals surface area (Å²) >= 11 is 0. The lowest BCUT2D eigenvalue weighted by Gasteiger charge is -2.43. The van der Waals surface area contributed by atoms with E-state index in [4.69, 9.17) is 19.1 Å². The molecule has 0 unspecified atom stereocenters. The molecule has 5 nitrogen and oxygen atoms in total. The highest BCUT2D eigenvalue weighted by atomic mass is 28.4.